The van der Waals surface area contributed by atoms with Crippen molar-refractivity contribution in [2.24, 2.45) is 5.14 Å². The SMILES string of the molecule is CNC(=O)c1cc(S(N)(=O)=O)ccc1Oc1ccc(OC)c(SC)c1. The molecule has 25 heavy (non-hydrogen) atoms. The van der Waals surface area contributed by atoms with Gasteiger partial charge in [-0.25, -0.2) is 13.6 Å². The summed E-state index contributed by atoms with van der Waals surface area (Å²) in [7, 11) is -0.918. The lowest BCUT2D eigenvalue weighted by Crippen LogP contribution is -2.20. The van der Waals surface area contributed by atoms with Gasteiger partial charge in [-0.3, -0.25) is 4.79 Å². The van der Waals surface area contributed by atoms with E-state index in [1.165, 1.54) is 37.0 Å². The molecule has 0 atom stereocenters. The van der Waals surface area contributed by atoms with Crippen LogP contribution in [0, 0.1) is 0 Å². The lowest BCUT2D eigenvalue weighted by Gasteiger charge is -2.13. The molecule has 0 saturated carbocycles. The van der Waals surface area contributed by atoms with E-state index in [1.807, 2.05) is 6.26 Å². The Morgan fingerprint density at radius 1 is 1.16 bits per heavy atom. The number of amides is 1. The molecule has 134 valence electrons. The maximum Gasteiger partial charge on any atom is 0.254 e. The minimum absolute atomic E-state index is 0.0653. The number of ether oxygens (including phenoxy) is 2. The highest BCUT2D eigenvalue weighted by atomic mass is 32.2. The van der Waals surface area contributed by atoms with Crippen LogP contribution in [0.2, 0.25) is 0 Å². The second-order valence-corrected chi connectivity index (χ2v) is 7.31. The monoisotopic (exact) mass is 382 g/mol. The number of benzene rings is 2. The van der Waals surface area contributed by atoms with Crippen LogP contribution >= 0.6 is 11.8 Å². The normalized spacial score (nSPS) is 11.0. The van der Waals surface area contributed by atoms with Crippen LogP contribution in [0.1, 0.15) is 10.4 Å². The van der Waals surface area contributed by atoms with Gasteiger partial charge < -0.3 is 14.8 Å². The number of carbonyl (C=O) groups excluding carboxylic acids is 1. The van der Waals surface area contributed by atoms with E-state index in [9.17, 15) is 13.2 Å². The first kappa shape index (κ1) is 19.1. The molecule has 0 bridgehead atoms. The second-order valence-electron chi connectivity index (χ2n) is 4.90. The Morgan fingerprint density at radius 3 is 2.40 bits per heavy atom. The summed E-state index contributed by atoms with van der Waals surface area (Å²) in [5, 5.41) is 7.57. The highest BCUT2D eigenvalue weighted by Crippen LogP contribution is 2.34. The predicted molar refractivity (Wildman–Crippen MR) is 96.1 cm³/mol. The number of rotatable bonds is 6. The van der Waals surface area contributed by atoms with Gasteiger partial charge in [0.15, 0.2) is 0 Å². The zero-order chi connectivity index (χ0) is 18.6. The zero-order valence-electron chi connectivity index (χ0n) is 13.9. The lowest BCUT2D eigenvalue weighted by atomic mass is 10.2. The number of nitrogens with two attached hydrogens (primary N) is 1. The second kappa shape index (κ2) is 7.77. The van der Waals surface area contributed by atoms with Crippen molar-refractivity contribution in [3.8, 4) is 17.2 Å². The summed E-state index contributed by atoms with van der Waals surface area (Å²) >= 11 is 1.49. The molecular formula is C16H18N2O5S2. The Kier molecular flexibility index (Phi) is 5.93. The van der Waals surface area contributed by atoms with E-state index in [2.05, 4.69) is 5.32 Å². The third kappa shape index (κ3) is 4.44. The Morgan fingerprint density at radius 2 is 1.84 bits per heavy atom. The van der Waals surface area contributed by atoms with E-state index in [0.717, 1.165) is 4.90 Å². The van der Waals surface area contributed by atoms with Gasteiger partial charge in [-0.15, -0.1) is 11.8 Å². The average molecular weight is 382 g/mol. The molecule has 2 rings (SSSR count). The molecule has 0 saturated heterocycles. The third-order valence-corrected chi connectivity index (χ3v) is 5.00. The van der Waals surface area contributed by atoms with Crippen LogP contribution in [0.3, 0.4) is 0 Å². The summed E-state index contributed by atoms with van der Waals surface area (Å²) < 4.78 is 34.0. The van der Waals surface area contributed by atoms with Gasteiger partial charge in [0.2, 0.25) is 10.0 Å². The van der Waals surface area contributed by atoms with Crippen molar-refractivity contribution in [3.05, 3.63) is 42.0 Å². The highest BCUT2D eigenvalue weighted by molar-refractivity contribution is 7.98. The average Bonchev–Trinajstić information content (AvgIpc) is 2.60. The lowest BCUT2D eigenvalue weighted by molar-refractivity contribution is 0.0960. The molecule has 0 spiro atoms. The maximum atomic E-state index is 12.1. The van der Waals surface area contributed by atoms with Crippen molar-refractivity contribution in [1.29, 1.82) is 0 Å². The Balaban J connectivity index is 2.47. The first-order chi connectivity index (χ1) is 11.8. The quantitative estimate of drug-likeness (QED) is 0.742. The smallest absolute Gasteiger partial charge is 0.254 e. The molecule has 0 aliphatic heterocycles. The van der Waals surface area contributed by atoms with Crippen LogP contribution in [0.15, 0.2) is 46.2 Å². The summed E-state index contributed by atoms with van der Waals surface area (Å²) in [6.07, 6.45) is 1.90. The Labute approximate surface area is 150 Å². The fourth-order valence-electron chi connectivity index (χ4n) is 2.09. The third-order valence-electron chi connectivity index (χ3n) is 3.33. The molecule has 0 radical (unpaired) electrons. The molecule has 2 aromatic carbocycles. The molecule has 0 aliphatic carbocycles. The largest absolute Gasteiger partial charge is 0.496 e. The summed E-state index contributed by atoms with van der Waals surface area (Å²) in [4.78, 5) is 12.8. The van der Waals surface area contributed by atoms with E-state index < -0.39 is 15.9 Å². The van der Waals surface area contributed by atoms with Crippen LogP contribution < -0.4 is 19.9 Å². The summed E-state index contributed by atoms with van der Waals surface area (Å²) in [6.45, 7) is 0. The minimum atomic E-state index is -3.93. The van der Waals surface area contributed by atoms with E-state index >= 15 is 0 Å². The number of carbonyl (C=O) groups is 1. The number of methoxy groups -OCH3 is 1. The fourth-order valence-corrected chi connectivity index (χ4v) is 3.22. The van der Waals surface area contributed by atoms with Gasteiger partial charge in [0.05, 0.1) is 22.5 Å². The van der Waals surface area contributed by atoms with Crippen molar-refractivity contribution in [2.45, 2.75) is 9.79 Å². The summed E-state index contributed by atoms with van der Waals surface area (Å²) in [5.74, 6) is 0.915. The molecule has 0 heterocycles. The van der Waals surface area contributed by atoms with Crippen LogP contribution in [0.5, 0.6) is 17.2 Å². The fraction of sp³-hybridized carbons (Fsp3) is 0.188. The standard InChI is InChI=1S/C16H18N2O5S2/c1-18-16(19)12-9-11(25(17,20)21)5-7-13(12)23-10-4-6-14(22-2)15(8-10)24-3/h4-9H,1-3H3,(H,18,19)(H2,17,20,21). The van der Waals surface area contributed by atoms with Gasteiger partial charge in [0, 0.05) is 7.05 Å². The van der Waals surface area contributed by atoms with E-state index in [1.54, 1.807) is 25.3 Å². The van der Waals surface area contributed by atoms with Crippen molar-refractivity contribution in [1.82, 2.24) is 5.32 Å². The van der Waals surface area contributed by atoms with Crippen LogP contribution in [0.25, 0.3) is 0 Å². The topological polar surface area (TPSA) is 108 Å². The van der Waals surface area contributed by atoms with Gasteiger partial charge in [-0.2, -0.15) is 0 Å². The molecule has 0 aromatic heterocycles. The van der Waals surface area contributed by atoms with Gasteiger partial charge in [-0.05, 0) is 42.7 Å². The molecule has 9 heteroatoms. The molecule has 0 fully saturated rings. The highest BCUT2D eigenvalue weighted by Gasteiger charge is 2.18. The van der Waals surface area contributed by atoms with Crippen LogP contribution in [-0.4, -0.2) is 34.7 Å². The number of hydrogen-bond donors (Lipinski definition) is 2. The summed E-state index contributed by atoms with van der Waals surface area (Å²) in [5.41, 5.74) is 0.0653. The van der Waals surface area contributed by atoms with Gasteiger partial charge in [0.1, 0.15) is 17.2 Å². The molecular weight excluding hydrogens is 364 g/mol. The molecule has 0 unspecified atom stereocenters. The predicted octanol–water partition coefficient (Wildman–Crippen LogP) is 2.22. The van der Waals surface area contributed by atoms with Crippen molar-refractivity contribution in [2.75, 3.05) is 20.4 Å². The molecule has 2 aromatic rings. The number of hydrogen-bond acceptors (Lipinski definition) is 6. The van der Waals surface area contributed by atoms with Crippen molar-refractivity contribution in [3.63, 3.8) is 0 Å². The number of primary sulfonamides is 1. The molecule has 7 nitrogen and oxygen atoms in total. The molecule has 3 N–H and O–H groups in total. The number of sulfonamides is 1. The van der Waals surface area contributed by atoms with E-state index in [-0.39, 0.29) is 16.2 Å². The molecule has 0 aliphatic rings. The van der Waals surface area contributed by atoms with E-state index in [4.69, 9.17) is 14.6 Å². The minimum Gasteiger partial charge on any atom is -0.496 e. The van der Waals surface area contributed by atoms with Gasteiger partial charge in [0.25, 0.3) is 5.91 Å². The van der Waals surface area contributed by atoms with Crippen LogP contribution in [-0.2, 0) is 10.0 Å². The van der Waals surface area contributed by atoms with E-state index in [0.29, 0.717) is 11.5 Å². The first-order valence-electron chi connectivity index (χ1n) is 7.09. The van der Waals surface area contributed by atoms with Crippen molar-refractivity contribution < 1.29 is 22.7 Å². The first-order valence-corrected chi connectivity index (χ1v) is 9.86. The van der Waals surface area contributed by atoms with Crippen molar-refractivity contribution >= 4 is 27.7 Å². The summed E-state index contributed by atoms with van der Waals surface area (Å²) in [6, 6.07) is 9.08. The van der Waals surface area contributed by atoms with Gasteiger partial charge >= 0.3 is 0 Å². The van der Waals surface area contributed by atoms with Gasteiger partial charge in [-0.1, -0.05) is 0 Å². The number of nitrogens with one attached hydrogen (secondary N) is 1. The zero-order valence-corrected chi connectivity index (χ0v) is 15.5. The maximum absolute atomic E-state index is 12.1. The Bertz CT molecular complexity index is 897. The van der Waals surface area contributed by atoms with Crippen LogP contribution in [0.4, 0.5) is 0 Å². The molecule has 1 amide bonds. The Hall–Kier alpha value is -2.23. The number of thioether (sulfide) groups is 1.